The van der Waals surface area contributed by atoms with Gasteiger partial charge in [-0.15, -0.1) is 0 Å². The summed E-state index contributed by atoms with van der Waals surface area (Å²) >= 11 is 5.92. The van der Waals surface area contributed by atoms with E-state index in [1.807, 2.05) is 6.07 Å². The fourth-order valence-electron chi connectivity index (χ4n) is 2.29. The molecule has 0 spiro atoms. The van der Waals surface area contributed by atoms with E-state index in [9.17, 15) is 17.6 Å². The van der Waals surface area contributed by atoms with Gasteiger partial charge in [-0.3, -0.25) is 4.79 Å². The topological polar surface area (TPSA) is 78.2 Å². The molecule has 0 fully saturated rings. The summed E-state index contributed by atoms with van der Waals surface area (Å²) < 4.78 is 38.3. The number of carbonyl (C=O) groups excluding carboxylic acids is 1. The van der Waals surface area contributed by atoms with E-state index in [-0.39, 0.29) is 22.9 Å². The van der Waals surface area contributed by atoms with E-state index in [0.717, 1.165) is 4.90 Å². The lowest BCUT2D eigenvalue weighted by molar-refractivity contribution is -0.127. The van der Waals surface area contributed by atoms with Crippen LogP contribution >= 0.6 is 11.6 Å². The molecule has 0 N–H and O–H groups in total. The molecule has 0 aromatic heterocycles. The van der Waals surface area contributed by atoms with Crippen molar-refractivity contribution in [3.05, 3.63) is 70.0 Å². The van der Waals surface area contributed by atoms with Crippen molar-refractivity contribution in [2.45, 2.75) is 12.3 Å². The van der Waals surface area contributed by atoms with E-state index in [0.29, 0.717) is 11.1 Å². The van der Waals surface area contributed by atoms with Gasteiger partial charge in [-0.1, -0.05) is 29.8 Å². The van der Waals surface area contributed by atoms with Gasteiger partial charge in [0.2, 0.25) is 5.91 Å². The number of nitriles is 1. The van der Waals surface area contributed by atoms with Crippen molar-refractivity contribution in [1.29, 1.82) is 5.26 Å². The van der Waals surface area contributed by atoms with Gasteiger partial charge in [0.15, 0.2) is 9.84 Å². The largest absolute Gasteiger partial charge is 0.340 e. The Bertz CT molecular complexity index is 933. The van der Waals surface area contributed by atoms with Crippen LogP contribution in [0.5, 0.6) is 0 Å². The van der Waals surface area contributed by atoms with Crippen LogP contribution in [0, 0.1) is 17.1 Å². The third kappa shape index (κ3) is 5.28. The van der Waals surface area contributed by atoms with Crippen LogP contribution in [-0.4, -0.2) is 32.0 Å². The molecule has 2 aromatic carbocycles. The number of carbonyl (C=O) groups is 1. The maximum Gasteiger partial charge on any atom is 0.237 e. The van der Waals surface area contributed by atoms with Crippen LogP contribution in [0.1, 0.15) is 16.7 Å². The fourth-order valence-corrected chi connectivity index (χ4v) is 3.91. The van der Waals surface area contributed by atoms with Crippen LogP contribution in [0.4, 0.5) is 4.39 Å². The second-order valence-corrected chi connectivity index (χ2v) is 8.26. The number of hydrogen-bond acceptors (Lipinski definition) is 4. The van der Waals surface area contributed by atoms with E-state index in [2.05, 4.69) is 0 Å². The minimum absolute atomic E-state index is 0.128. The van der Waals surface area contributed by atoms with Crippen molar-refractivity contribution in [3.8, 4) is 6.07 Å². The summed E-state index contributed by atoms with van der Waals surface area (Å²) in [5.41, 5.74) is 1.04. The second kappa shape index (κ2) is 8.30. The number of rotatable bonds is 6. The van der Waals surface area contributed by atoms with Gasteiger partial charge in [0.05, 0.1) is 17.4 Å². The standard InChI is InChI=1S/C18H16ClFN2O3S/c1-22(10-15-16(19)3-2-4-17(15)20)18(23)12-26(24,25)11-14-7-5-13(9-21)6-8-14/h2-8H,10-12H2,1H3. The molecule has 0 aliphatic carbocycles. The van der Waals surface area contributed by atoms with E-state index in [1.165, 1.54) is 49.5 Å². The zero-order valence-electron chi connectivity index (χ0n) is 13.9. The molecule has 2 rings (SSSR count). The van der Waals surface area contributed by atoms with Crippen LogP contribution in [-0.2, 0) is 26.9 Å². The van der Waals surface area contributed by atoms with E-state index in [1.54, 1.807) is 0 Å². The fraction of sp³-hybridized carbons (Fsp3) is 0.222. The third-order valence-corrected chi connectivity index (χ3v) is 5.51. The third-order valence-electron chi connectivity index (χ3n) is 3.70. The van der Waals surface area contributed by atoms with Crippen LogP contribution in [0.3, 0.4) is 0 Å². The summed E-state index contributed by atoms with van der Waals surface area (Å²) in [5, 5.41) is 8.92. The molecule has 136 valence electrons. The van der Waals surface area contributed by atoms with Crippen molar-refractivity contribution in [1.82, 2.24) is 4.90 Å². The van der Waals surface area contributed by atoms with E-state index >= 15 is 0 Å². The first-order chi connectivity index (χ1) is 12.2. The molecule has 1 amide bonds. The Morgan fingerprint density at radius 3 is 2.46 bits per heavy atom. The maximum absolute atomic E-state index is 13.8. The van der Waals surface area contributed by atoms with Gasteiger partial charge in [-0.2, -0.15) is 5.26 Å². The van der Waals surface area contributed by atoms with Gasteiger partial charge in [-0.05, 0) is 29.8 Å². The minimum Gasteiger partial charge on any atom is -0.340 e. The van der Waals surface area contributed by atoms with Crippen LogP contribution in [0.2, 0.25) is 5.02 Å². The normalized spacial score (nSPS) is 11.0. The average molecular weight is 395 g/mol. The van der Waals surface area contributed by atoms with Gasteiger partial charge in [0.25, 0.3) is 0 Å². The van der Waals surface area contributed by atoms with Gasteiger partial charge in [0.1, 0.15) is 11.6 Å². The van der Waals surface area contributed by atoms with Crippen molar-refractivity contribution in [2.24, 2.45) is 0 Å². The lowest BCUT2D eigenvalue weighted by Crippen LogP contribution is -2.33. The average Bonchev–Trinajstić information content (AvgIpc) is 2.58. The second-order valence-electron chi connectivity index (χ2n) is 5.79. The maximum atomic E-state index is 13.8. The molecule has 8 heteroatoms. The van der Waals surface area contributed by atoms with Crippen LogP contribution in [0.25, 0.3) is 0 Å². The molecular formula is C18H16ClFN2O3S. The molecule has 0 aliphatic rings. The lowest BCUT2D eigenvalue weighted by Gasteiger charge is -2.18. The lowest BCUT2D eigenvalue weighted by atomic mass is 10.2. The summed E-state index contributed by atoms with van der Waals surface area (Å²) in [6.07, 6.45) is 0. The number of hydrogen-bond donors (Lipinski definition) is 0. The van der Waals surface area contributed by atoms with E-state index < -0.39 is 27.3 Å². The number of nitrogens with zero attached hydrogens (tertiary/aromatic N) is 2. The molecule has 0 aliphatic heterocycles. The molecule has 0 saturated heterocycles. The molecule has 0 saturated carbocycles. The predicted octanol–water partition coefficient (Wildman–Crippen LogP) is 2.92. The Balaban J connectivity index is 2.03. The van der Waals surface area contributed by atoms with Crippen molar-refractivity contribution >= 4 is 27.3 Å². The highest BCUT2D eigenvalue weighted by Crippen LogP contribution is 2.20. The summed E-state index contributed by atoms with van der Waals surface area (Å²) in [6, 6.07) is 12.2. The summed E-state index contributed by atoms with van der Waals surface area (Å²) in [4.78, 5) is 13.3. The summed E-state index contributed by atoms with van der Waals surface area (Å²) in [6.45, 7) is -0.128. The highest BCUT2D eigenvalue weighted by atomic mass is 35.5. The van der Waals surface area contributed by atoms with Gasteiger partial charge < -0.3 is 4.90 Å². The molecule has 2 aromatic rings. The first-order valence-electron chi connectivity index (χ1n) is 7.58. The molecule has 0 bridgehead atoms. The Morgan fingerprint density at radius 1 is 1.23 bits per heavy atom. The Hall–Kier alpha value is -2.43. The number of halogens is 2. The molecule has 0 heterocycles. The van der Waals surface area contributed by atoms with Crippen LogP contribution < -0.4 is 0 Å². The molecular weight excluding hydrogens is 379 g/mol. The number of benzene rings is 2. The van der Waals surface area contributed by atoms with Crippen molar-refractivity contribution in [2.75, 3.05) is 12.8 Å². The number of amides is 1. The predicted molar refractivity (Wildman–Crippen MR) is 96.5 cm³/mol. The van der Waals surface area contributed by atoms with Gasteiger partial charge in [0, 0.05) is 24.2 Å². The minimum atomic E-state index is -3.71. The zero-order chi connectivity index (χ0) is 19.3. The highest BCUT2D eigenvalue weighted by Gasteiger charge is 2.21. The monoisotopic (exact) mass is 394 g/mol. The molecule has 0 radical (unpaired) electrons. The van der Waals surface area contributed by atoms with Gasteiger partial charge >= 0.3 is 0 Å². The Kier molecular flexibility index (Phi) is 6.35. The van der Waals surface area contributed by atoms with Crippen molar-refractivity contribution in [3.63, 3.8) is 0 Å². The number of sulfone groups is 1. The molecule has 5 nitrogen and oxygen atoms in total. The Labute approximate surface area is 156 Å². The quantitative estimate of drug-likeness (QED) is 0.754. The summed E-state index contributed by atoms with van der Waals surface area (Å²) in [7, 11) is -2.32. The first kappa shape index (κ1) is 19.9. The SMILES string of the molecule is CN(Cc1c(F)cccc1Cl)C(=O)CS(=O)(=O)Cc1ccc(C#N)cc1. The molecule has 0 unspecified atom stereocenters. The van der Waals surface area contributed by atoms with Crippen molar-refractivity contribution < 1.29 is 17.6 Å². The van der Waals surface area contributed by atoms with Crippen LogP contribution in [0.15, 0.2) is 42.5 Å². The first-order valence-corrected chi connectivity index (χ1v) is 9.78. The van der Waals surface area contributed by atoms with Gasteiger partial charge in [-0.25, -0.2) is 12.8 Å². The highest BCUT2D eigenvalue weighted by molar-refractivity contribution is 7.91. The van der Waals surface area contributed by atoms with E-state index in [4.69, 9.17) is 16.9 Å². The summed E-state index contributed by atoms with van der Waals surface area (Å²) in [5.74, 6) is -2.23. The molecule has 0 atom stereocenters. The zero-order valence-corrected chi connectivity index (χ0v) is 15.5. The smallest absolute Gasteiger partial charge is 0.237 e. The Morgan fingerprint density at radius 2 is 1.88 bits per heavy atom. The molecule has 26 heavy (non-hydrogen) atoms.